The topological polar surface area (TPSA) is 213 Å². The number of cyclic esters (lactones) is 1. The number of hydrogen-bond acceptors (Lipinski definition) is 16. The van der Waals surface area contributed by atoms with Gasteiger partial charge in [0.05, 0.1) is 34.3 Å². The first-order valence-corrected chi connectivity index (χ1v) is 21.5. The highest BCUT2D eigenvalue weighted by atomic mass is 32.2. The summed E-state index contributed by atoms with van der Waals surface area (Å²) in [7, 11) is 3.69. The number of carbonyl (C=O) groups is 4. The van der Waals surface area contributed by atoms with Crippen LogP contribution in [0.1, 0.15) is 86.0 Å². The lowest BCUT2D eigenvalue weighted by Gasteiger charge is -2.47. The Morgan fingerprint density at radius 3 is 2.47 bits per heavy atom. The zero-order valence-electron chi connectivity index (χ0n) is 36.1. The molecule has 2 N–H and O–H groups in total. The van der Waals surface area contributed by atoms with Gasteiger partial charge in [-0.3, -0.25) is 19.4 Å². The van der Waals surface area contributed by atoms with Gasteiger partial charge in [-0.25, -0.2) is 4.79 Å². The summed E-state index contributed by atoms with van der Waals surface area (Å²) < 4.78 is 36.7. The van der Waals surface area contributed by atoms with E-state index in [0.29, 0.717) is 28.3 Å². The Labute approximate surface area is 355 Å². The van der Waals surface area contributed by atoms with E-state index in [1.807, 2.05) is 32.2 Å². The smallest absolute Gasteiger partial charge is 0.408 e. The van der Waals surface area contributed by atoms with Crippen molar-refractivity contribution in [3.63, 3.8) is 0 Å². The number of aliphatic hydroxyl groups excluding tert-OH is 1. The second-order valence-corrected chi connectivity index (χ2v) is 17.5. The molecular weight excluding hydrogens is 795 g/mol. The predicted molar refractivity (Wildman–Crippen MR) is 218 cm³/mol. The fourth-order valence-electron chi connectivity index (χ4n) is 8.82. The van der Waals surface area contributed by atoms with E-state index in [-0.39, 0.29) is 43.1 Å². The number of aromatic nitrogens is 2. The van der Waals surface area contributed by atoms with Gasteiger partial charge in [-0.2, -0.15) is 5.26 Å². The fourth-order valence-corrected chi connectivity index (χ4v) is 9.51. The normalized spacial score (nSPS) is 35.3. The average molecular weight is 852 g/mol. The Kier molecular flexibility index (Phi) is 14.9. The minimum atomic E-state index is -1.49. The number of nitrogens with zero attached hydrogens (tertiary/aromatic N) is 4. The van der Waals surface area contributed by atoms with Crippen molar-refractivity contribution in [3.8, 4) is 29.3 Å². The van der Waals surface area contributed by atoms with Crippen LogP contribution in [0.3, 0.4) is 0 Å². The maximum Gasteiger partial charge on any atom is 0.408 e. The average Bonchev–Trinajstić information content (AvgIpc) is 3.82. The third-order valence-electron chi connectivity index (χ3n) is 12.1. The van der Waals surface area contributed by atoms with E-state index in [0.717, 1.165) is 0 Å². The molecule has 0 aromatic carbocycles. The van der Waals surface area contributed by atoms with Crippen LogP contribution >= 0.6 is 11.8 Å². The summed E-state index contributed by atoms with van der Waals surface area (Å²) in [6.07, 6.45) is -1.52. The molecular formula is C43H57N5O11S. The van der Waals surface area contributed by atoms with Crippen LogP contribution in [-0.2, 0) is 38.1 Å². The first-order chi connectivity index (χ1) is 28.3. The summed E-state index contributed by atoms with van der Waals surface area (Å²) in [5, 5.41) is 28.1. The van der Waals surface area contributed by atoms with E-state index in [1.54, 1.807) is 53.7 Å². The van der Waals surface area contributed by atoms with Gasteiger partial charge in [0.15, 0.2) is 17.7 Å². The van der Waals surface area contributed by atoms with E-state index in [4.69, 9.17) is 28.2 Å². The number of carbonyl (C=O) groups excluding carboxylic acids is 4. The molecule has 2 aromatic heterocycles. The molecule has 17 heteroatoms. The maximum atomic E-state index is 14.5. The van der Waals surface area contributed by atoms with Crippen molar-refractivity contribution in [2.45, 2.75) is 134 Å². The van der Waals surface area contributed by atoms with Crippen molar-refractivity contribution >= 4 is 35.4 Å². The molecule has 3 fully saturated rings. The van der Waals surface area contributed by atoms with Gasteiger partial charge in [0, 0.05) is 36.1 Å². The largest absolute Gasteiger partial charge is 0.458 e. The van der Waals surface area contributed by atoms with Crippen molar-refractivity contribution in [1.82, 2.24) is 20.4 Å². The molecule has 3 aliphatic rings. The van der Waals surface area contributed by atoms with Gasteiger partial charge in [0.25, 0.3) is 0 Å². The summed E-state index contributed by atoms with van der Waals surface area (Å²) in [6.45, 7) is 13.2. The number of ether oxygens (including phenoxy) is 5. The SMILES string of the molecule is CC[C@H]1OC(=O)[C@H](C)C(=O)[C@H](C)[C@@H](O[C@@H]2O[C@H](C)C[C@H](N(C)C)[C@H]2O)[C@@](C)(OCC#Cc2cc(-c3nccc(C#N)c3SC)no2)C[C@@H](C)C(=O)[C@H](C)[C@H]2NC(=O)O[C@@]21C. The third-order valence-corrected chi connectivity index (χ3v) is 12.9. The van der Waals surface area contributed by atoms with Gasteiger partial charge < -0.3 is 43.5 Å². The Morgan fingerprint density at radius 2 is 1.82 bits per heavy atom. The van der Waals surface area contributed by atoms with Crippen molar-refractivity contribution in [2.24, 2.45) is 23.7 Å². The van der Waals surface area contributed by atoms with E-state index in [1.165, 1.54) is 24.9 Å². The molecule has 3 saturated heterocycles. The van der Waals surface area contributed by atoms with Crippen LogP contribution in [0.5, 0.6) is 0 Å². The number of esters is 1. The number of alkyl carbamates (subject to hydrolysis) is 1. The number of rotatable bonds is 8. The lowest BCUT2D eigenvalue weighted by atomic mass is 9.73. The summed E-state index contributed by atoms with van der Waals surface area (Å²) in [4.78, 5) is 62.5. The van der Waals surface area contributed by atoms with Crippen molar-refractivity contribution in [2.75, 3.05) is 27.0 Å². The maximum absolute atomic E-state index is 14.5. The highest BCUT2D eigenvalue weighted by Crippen LogP contribution is 2.40. The van der Waals surface area contributed by atoms with Gasteiger partial charge in [-0.05, 0) is 79.3 Å². The van der Waals surface area contributed by atoms with Crippen molar-refractivity contribution < 1.29 is 52.5 Å². The predicted octanol–water partition coefficient (Wildman–Crippen LogP) is 4.54. The molecule has 0 saturated carbocycles. The lowest BCUT2D eigenvalue weighted by Crippen LogP contribution is -2.60. The molecule has 16 nitrogen and oxygen atoms in total. The molecule has 5 rings (SSSR count). The minimum Gasteiger partial charge on any atom is -0.458 e. The molecule has 0 radical (unpaired) electrons. The van der Waals surface area contributed by atoms with Gasteiger partial charge in [-0.15, -0.1) is 11.8 Å². The number of Topliss-reactive ketones (excluding diaryl/α,β-unsaturated/α-hetero) is 2. The second kappa shape index (κ2) is 19.1. The second-order valence-electron chi connectivity index (χ2n) is 16.7. The highest BCUT2D eigenvalue weighted by Gasteiger charge is 2.57. The molecule has 0 spiro atoms. The van der Waals surface area contributed by atoms with E-state index < -0.39 is 83.4 Å². The zero-order valence-corrected chi connectivity index (χ0v) is 37.0. The number of nitrogens with one attached hydrogen (secondary N) is 1. The van der Waals surface area contributed by atoms with Gasteiger partial charge in [-0.1, -0.05) is 38.8 Å². The number of fused-ring (bicyclic) bond motifs is 1. The molecule has 13 atom stereocenters. The Bertz CT molecular complexity index is 2030. The molecule has 5 heterocycles. The number of nitriles is 1. The number of pyridine rings is 1. The summed E-state index contributed by atoms with van der Waals surface area (Å²) in [5.74, 6) is 0.502. The quantitative estimate of drug-likeness (QED) is 0.161. The fraction of sp³-hybridized carbons (Fsp3) is 0.651. The molecule has 1 amide bonds. The zero-order chi connectivity index (χ0) is 44.3. The number of likely N-dealkylation sites (N-methyl/N-ethyl adjacent to an activating group) is 1. The third kappa shape index (κ3) is 9.57. The highest BCUT2D eigenvalue weighted by molar-refractivity contribution is 7.98. The molecule has 0 aliphatic carbocycles. The van der Waals surface area contributed by atoms with Gasteiger partial charge >= 0.3 is 12.1 Å². The number of thioether (sulfide) groups is 1. The van der Waals surface area contributed by atoms with Gasteiger partial charge in [0.1, 0.15) is 48.0 Å². The van der Waals surface area contributed by atoms with E-state index in [2.05, 4.69) is 33.4 Å². The summed E-state index contributed by atoms with van der Waals surface area (Å²) in [6, 6.07) is 4.15. The number of aliphatic hydroxyl groups is 1. The molecule has 3 aliphatic heterocycles. The van der Waals surface area contributed by atoms with Gasteiger partial charge in [0.2, 0.25) is 5.76 Å². The monoisotopic (exact) mass is 851 g/mol. The molecule has 60 heavy (non-hydrogen) atoms. The van der Waals surface area contributed by atoms with Crippen molar-refractivity contribution in [3.05, 3.63) is 29.7 Å². The number of hydrogen-bond donors (Lipinski definition) is 2. The van der Waals surface area contributed by atoms with Crippen LogP contribution in [-0.4, -0.2) is 125 Å². The summed E-state index contributed by atoms with van der Waals surface area (Å²) in [5.41, 5.74) is -1.61. The van der Waals surface area contributed by atoms with Crippen LogP contribution in [0.15, 0.2) is 27.7 Å². The van der Waals surface area contributed by atoms with Crippen LogP contribution in [0.2, 0.25) is 0 Å². The summed E-state index contributed by atoms with van der Waals surface area (Å²) >= 11 is 1.36. The first kappa shape index (κ1) is 46.7. The number of ketones is 2. The van der Waals surface area contributed by atoms with E-state index >= 15 is 0 Å². The Hall–Kier alpha value is -4.36. The molecule has 0 unspecified atom stereocenters. The molecule has 326 valence electrons. The van der Waals surface area contributed by atoms with E-state index in [9.17, 15) is 29.5 Å². The van der Waals surface area contributed by atoms with Crippen LogP contribution in [0, 0.1) is 46.8 Å². The van der Waals surface area contributed by atoms with Crippen LogP contribution < -0.4 is 5.32 Å². The minimum absolute atomic E-state index is 0.00525. The van der Waals surface area contributed by atoms with Crippen molar-refractivity contribution in [1.29, 1.82) is 5.26 Å². The lowest BCUT2D eigenvalue weighted by molar-refractivity contribution is -0.296. The standard InChI is InChI=1S/C43H57N5O11S/c1-12-31-43(8)37(46-41(53)58-43)24(4)33(49)22(2)20-42(7,54-17-13-14-28-19-29(47-59-28)32-36(60-11)27(21-44)15-16-45-32)38(25(5)34(50)26(6)39(52)56-31)57-40-35(51)30(48(9)10)18-23(3)55-40/h15-16,19,22-26,30-31,35,37-38,40,51H,12,17-18,20H2,1-11H3,(H,46,53)/t22-,23-,24+,25+,26-,30+,31-,35-,37-,38-,40+,42+,43-/m1/s1. The Balaban J connectivity index is 1.55. The van der Waals surface area contributed by atoms with Crippen LogP contribution in [0.4, 0.5) is 4.79 Å². The molecule has 2 aromatic rings. The molecule has 0 bridgehead atoms. The van der Waals surface area contributed by atoms with Crippen LogP contribution in [0.25, 0.3) is 11.4 Å². The Morgan fingerprint density at radius 1 is 1.10 bits per heavy atom. The first-order valence-electron chi connectivity index (χ1n) is 20.3. The number of amides is 1.